The van der Waals surface area contributed by atoms with Gasteiger partial charge in [-0.05, 0) is 18.6 Å². The standard InChI is InChI=1S/C18H30O3S.4Na.H3O4P/c1-2-3-4-5-6-7-8-9-10-14-17-21-22(19,20)18-15-12-11-13-16-18;;;;;1-5(2,3)4/h11-13,15-16H,2-10,14,17H2,1H3;;;;;(H3,1,2,3,4)/q;4*+1;/p-3. The molecule has 7 nitrogen and oxygen atoms in total. The van der Waals surface area contributed by atoms with Gasteiger partial charge in [0.15, 0.2) is 0 Å². The number of rotatable bonds is 13. The predicted molar refractivity (Wildman–Crippen MR) is 99.0 cm³/mol. The van der Waals surface area contributed by atoms with Gasteiger partial charge in [0.1, 0.15) is 0 Å². The molecule has 0 amide bonds. The van der Waals surface area contributed by atoms with E-state index in [4.69, 9.17) is 23.4 Å². The van der Waals surface area contributed by atoms with Crippen molar-refractivity contribution in [3.63, 3.8) is 0 Å². The van der Waals surface area contributed by atoms with E-state index in [0.717, 1.165) is 12.8 Å². The first-order valence-electron chi connectivity index (χ1n) is 9.34. The normalized spacial score (nSPS) is 10.2. The molecule has 1 aromatic rings. The van der Waals surface area contributed by atoms with Crippen LogP contribution >= 0.6 is 7.82 Å². The average Bonchev–Trinajstić information content (AvgIpc) is 2.59. The quantitative estimate of drug-likeness (QED) is 0.111. The molecule has 0 spiro atoms. The molecule has 0 aromatic heterocycles. The fourth-order valence-electron chi connectivity index (χ4n) is 2.41. The molecule has 0 atom stereocenters. The SMILES string of the molecule is CCCCCCCCCCCCOS(=O)(=O)c1ccccc1.O=P([O-])([O-])[O-].[Na+].[Na+].[Na+].[Na+]. The summed E-state index contributed by atoms with van der Waals surface area (Å²) < 4.78 is 37.3. The van der Waals surface area contributed by atoms with E-state index in [0.29, 0.717) is 0 Å². The smallest absolute Gasteiger partial charge is 0.822 e. The molecule has 0 fully saturated rings. The summed E-state index contributed by atoms with van der Waals surface area (Å²) in [5.41, 5.74) is 0. The van der Waals surface area contributed by atoms with E-state index in [9.17, 15) is 8.42 Å². The fourth-order valence-corrected chi connectivity index (χ4v) is 3.38. The molecule has 0 N–H and O–H groups in total. The van der Waals surface area contributed by atoms with Gasteiger partial charge in [-0.15, -0.1) is 0 Å². The topological polar surface area (TPSA) is 130 Å². The van der Waals surface area contributed by atoms with Crippen molar-refractivity contribution in [3.05, 3.63) is 30.3 Å². The van der Waals surface area contributed by atoms with E-state index < -0.39 is 17.9 Å². The van der Waals surface area contributed by atoms with Crippen LogP contribution in [0, 0.1) is 0 Å². The van der Waals surface area contributed by atoms with Crippen molar-refractivity contribution in [1.82, 2.24) is 0 Å². The maximum atomic E-state index is 11.9. The Kier molecular flexibility index (Phi) is 39.7. The first-order valence-corrected chi connectivity index (χ1v) is 12.2. The van der Waals surface area contributed by atoms with Gasteiger partial charge >= 0.3 is 118 Å². The summed E-state index contributed by atoms with van der Waals surface area (Å²) in [5, 5.41) is 0. The van der Waals surface area contributed by atoms with Crippen molar-refractivity contribution in [2.24, 2.45) is 0 Å². The van der Waals surface area contributed by atoms with E-state index >= 15 is 0 Å². The Morgan fingerprint density at radius 2 is 1.10 bits per heavy atom. The Balaban J connectivity index is -0.000000225. The van der Waals surface area contributed by atoms with Crippen molar-refractivity contribution >= 4 is 17.9 Å². The van der Waals surface area contributed by atoms with Crippen LogP contribution in [0.15, 0.2) is 35.2 Å². The Hall–Kier alpha value is 3.24. The maximum Gasteiger partial charge on any atom is 1.00 e. The monoisotopic (exact) mass is 513 g/mol. The van der Waals surface area contributed by atoms with Gasteiger partial charge in [0.05, 0.1) is 11.5 Å². The summed E-state index contributed by atoms with van der Waals surface area (Å²) in [6, 6.07) is 8.33. The molecule has 0 saturated carbocycles. The number of hydrogen-bond donors (Lipinski definition) is 0. The molecule has 0 bridgehead atoms. The van der Waals surface area contributed by atoms with Crippen LogP contribution in [0.4, 0.5) is 0 Å². The second-order valence-corrected chi connectivity index (χ2v) is 8.73. The number of phosphoric acid groups is 1. The molecule has 0 aliphatic heterocycles. The minimum atomic E-state index is -5.39. The van der Waals surface area contributed by atoms with E-state index in [1.54, 1.807) is 30.3 Å². The average molecular weight is 513 g/mol. The molecule has 0 saturated heterocycles. The summed E-state index contributed by atoms with van der Waals surface area (Å²) in [6.45, 7) is 2.52. The van der Waals surface area contributed by atoms with Gasteiger partial charge in [-0.2, -0.15) is 16.2 Å². The second kappa shape index (κ2) is 27.8. The third-order valence-corrected chi connectivity index (χ3v) is 5.09. The molecular formula is C18H30Na4O7PS+. The summed E-state index contributed by atoms with van der Waals surface area (Å²) in [5.74, 6) is 0. The minimum absolute atomic E-state index is 0. The zero-order valence-corrected chi connectivity index (χ0v) is 29.6. The fraction of sp³-hybridized carbons (Fsp3) is 0.667. The Bertz CT molecular complexity index is 623. The molecule has 13 heteroatoms. The van der Waals surface area contributed by atoms with Crippen molar-refractivity contribution in [3.8, 4) is 0 Å². The Morgan fingerprint density at radius 3 is 1.48 bits per heavy atom. The molecule has 158 valence electrons. The molecule has 1 rings (SSSR count). The summed E-state index contributed by atoms with van der Waals surface area (Å²) in [6.07, 6.45) is 12.3. The molecule has 0 unspecified atom stereocenters. The molecule has 31 heavy (non-hydrogen) atoms. The van der Waals surface area contributed by atoms with Gasteiger partial charge in [-0.25, -0.2) is 0 Å². The number of benzene rings is 1. The third-order valence-electron chi connectivity index (χ3n) is 3.77. The second-order valence-electron chi connectivity index (χ2n) is 6.22. The number of unbranched alkanes of at least 4 members (excludes halogenated alkanes) is 9. The third kappa shape index (κ3) is 33.2. The van der Waals surface area contributed by atoms with Gasteiger partial charge in [0.2, 0.25) is 0 Å². The van der Waals surface area contributed by atoms with Gasteiger partial charge in [0.25, 0.3) is 10.1 Å². The molecule has 1 aromatic carbocycles. The van der Waals surface area contributed by atoms with Crippen molar-refractivity contribution < 1.29 is 150 Å². The summed E-state index contributed by atoms with van der Waals surface area (Å²) in [7, 11) is -8.96. The summed E-state index contributed by atoms with van der Waals surface area (Å²) in [4.78, 5) is 25.9. The minimum Gasteiger partial charge on any atom is -0.822 e. The first kappa shape index (κ1) is 44.2. The molecular weight excluding hydrogens is 483 g/mol. The largest absolute Gasteiger partial charge is 1.00 e. The van der Waals surface area contributed by atoms with E-state index in [1.807, 2.05) is 0 Å². The van der Waals surface area contributed by atoms with Crippen LogP contribution in [0.1, 0.15) is 71.1 Å². The summed E-state index contributed by atoms with van der Waals surface area (Å²) >= 11 is 0. The first-order chi connectivity index (χ1) is 12.7. The van der Waals surface area contributed by atoms with Crippen molar-refractivity contribution in [2.75, 3.05) is 6.61 Å². The van der Waals surface area contributed by atoms with Gasteiger partial charge in [0, 0.05) is 0 Å². The zero-order chi connectivity index (χ0) is 20.6. The van der Waals surface area contributed by atoms with Crippen LogP contribution < -0.4 is 133 Å². The van der Waals surface area contributed by atoms with E-state index in [-0.39, 0.29) is 130 Å². The van der Waals surface area contributed by atoms with Crippen LogP contribution in [0.3, 0.4) is 0 Å². The van der Waals surface area contributed by atoms with Crippen LogP contribution in [0.25, 0.3) is 0 Å². The van der Waals surface area contributed by atoms with Crippen LogP contribution in [-0.2, 0) is 18.9 Å². The Morgan fingerprint density at radius 1 is 0.742 bits per heavy atom. The van der Waals surface area contributed by atoms with E-state index in [1.165, 1.54) is 51.4 Å². The maximum absolute atomic E-state index is 11.9. The van der Waals surface area contributed by atoms with Crippen LogP contribution in [-0.4, -0.2) is 15.0 Å². The zero-order valence-electron chi connectivity index (χ0n) is 19.9. The van der Waals surface area contributed by atoms with Crippen LogP contribution in [0.2, 0.25) is 0 Å². The van der Waals surface area contributed by atoms with Gasteiger partial charge in [-0.3, -0.25) is 4.18 Å². The molecule has 0 aliphatic rings. The molecule has 0 aliphatic carbocycles. The van der Waals surface area contributed by atoms with Gasteiger partial charge < -0.3 is 19.2 Å². The van der Waals surface area contributed by atoms with Gasteiger partial charge in [-0.1, -0.05) is 82.9 Å². The molecule has 0 radical (unpaired) electrons. The van der Waals surface area contributed by atoms with Crippen molar-refractivity contribution in [1.29, 1.82) is 0 Å². The number of hydrogen-bond acceptors (Lipinski definition) is 7. The predicted octanol–water partition coefficient (Wildman–Crippen LogP) is -9.50. The van der Waals surface area contributed by atoms with Crippen molar-refractivity contribution in [2.45, 2.75) is 76.0 Å². The van der Waals surface area contributed by atoms with Crippen LogP contribution in [0.5, 0.6) is 0 Å². The molecule has 0 heterocycles. The van der Waals surface area contributed by atoms with E-state index in [2.05, 4.69) is 6.92 Å². The Labute approximate surface area is 276 Å².